The Bertz CT molecular complexity index is 710. The summed E-state index contributed by atoms with van der Waals surface area (Å²) in [7, 11) is 0. The molecule has 0 amide bonds. The molecule has 0 radical (unpaired) electrons. The van der Waals surface area contributed by atoms with Gasteiger partial charge in [-0.25, -0.2) is 0 Å². The molecule has 166 valence electrons. The minimum absolute atomic E-state index is 0.0333. The van der Waals surface area contributed by atoms with Gasteiger partial charge in [-0.2, -0.15) is 0 Å². The molecule has 7 heteroatoms. The molecule has 5 fully saturated rings. The molecule has 0 aromatic rings. The third-order valence-corrected chi connectivity index (χ3v) is 8.36. The molecule has 0 spiro atoms. The number of hydrogen-bond acceptors (Lipinski definition) is 7. The number of likely N-dealkylation sites (tertiary alicyclic amines) is 1. The molecular formula is C23H33NO6. The lowest BCUT2D eigenvalue weighted by Gasteiger charge is -2.34. The van der Waals surface area contributed by atoms with Gasteiger partial charge in [0.15, 0.2) is 0 Å². The molecule has 2 heterocycles. The van der Waals surface area contributed by atoms with E-state index in [1.807, 2.05) is 0 Å². The highest BCUT2D eigenvalue weighted by Crippen LogP contribution is 2.59. The molecule has 3 aliphatic carbocycles. The van der Waals surface area contributed by atoms with Crippen LogP contribution in [0.5, 0.6) is 0 Å². The van der Waals surface area contributed by atoms with Crippen LogP contribution >= 0.6 is 0 Å². The number of fused-ring (bicyclic) bond motifs is 1. The average molecular weight is 420 g/mol. The summed E-state index contributed by atoms with van der Waals surface area (Å²) in [5.74, 6) is -2.06. The van der Waals surface area contributed by atoms with Gasteiger partial charge in [-0.05, 0) is 64.5 Å². The second kappa shape index (κ2) is 7.81. The van der Waals surface area contributed by atoms with Gasteiger partial charge in [0.05, 0.1) is 18.4 Å². The van der Waals surface area contributed by atoms with Gasteiger partial charge in [-0.15, -0.1) is 0 Å². The van der Waals surface area contributed by atoms with Crippen LogP contribution in [-0.4, -0.2) is 60.3 Å². The number of nitrogens with zero attached hydrogens (tertiary/aromatic N) is 1. The van der Waals surface area contributed by atoms with Crippen LogP contribution in [0.15, 0.2) is 0 Å². The molecule has 2 aliphatic heterocycles. The summed E-state index contributed by atoms with van der Waals surface area (Å²) in [5.41, 5.74) is -0.388. The van der Waals surface area contributed by atoms with Gasteiger partial charge in [0.2, 0.25) is 0 Å². The van der Waals surface area contributed by atoms with Crippen LogP contribution in [0.25, 0.3) is 0 Å². The lowest BCUT2D eigenvalue weighted by Crippen LogP contribution is -2.46. The molecule has 5 rings (SSSR count). The Labute approximate surface area is 177 Å². The predicted molar refractivity (Wildman–Crippen MR) is 106 cm³/mol. The summed E-state index contributed by atoms with van der Waals surface area (Å²) in [6.45, 7) is 4.16. The summed E-state index contributed by atoms with van der Waals surface area (Å²) < 4.78 is 17.5. The van der Waals surface area contributed by atoms with Crippen molar-refractivity contribution in [3.05, 3.63) is 0 Å². The van der Waals surface area contributed by atoms with E-state index < -0.39 is 24.0 Å². The Morgan fingerprint density at radius 1 is 1.10 bits per heavy atom. The van der Waals surface area contributed by atoms with Crippen molar-refractivity contribution in [2.45, 2.75) is 82.5 Å². The molecular weight excluding hydrogens is 386 g/mol. The monoisotopic (exact) mass is 419 g/mol. The molecule has 0 aromatic heterocycles. The number of esters is 3. The average Bonchev–Trinajstić information content (AvgIpc) is 3.47. The maximum atomic E-state index is 13.3. The van der Waals surface area contributed by atoms with Crippen LogP contribution in [0.1, 0.15) is 64.7 Å². The highest BCUT2D eigenvalue weighted by atomic mass is 16.6. The third kappa shape index (κ3) is 3.33. The van der Waals surface area contributed by atoms with E-state index in [1.54, 1.807) is 0 Å². The highest BCUT2D eigenvalue weighted by molar-refractivity contribution is 5.86. The number of ether oxygens (including phenoxy) is 3. The molecule has 6 unspecified atom stereocenters. The standard InChI is InChI=1S/C23H33NO6/c1-2-23(8-4-5-9-23)30-22(27)18-15-12-14-17(18)21(26)29-20(14)19(15)28-16(25)13-24-10-6-3-7-11-24/h14-15,17-20H,2-13H2,1H3. The Morgan fingerprint density at radius 2 is 1.83 bits per heavy atom. The Morgan fingerprint density at radius 3 is 2.53 bits per heavy atom. The van der Waals surface area contributed by atoms with Gasteiger partial charge in [0.1, 0.15) is 17.8 Å². The van der Waals surface area contributed by atoms with E-state index >= 15 is 0 Å². The quantitative estimate of drug-likeness (QED) is 0.483. The smallest absolute Gasteiger partial charge is 0.320 e. The van der Waals surface area contributed by atoms with Crippen molar-refractivity contribution in [3.63, 3.8) is 0 Å². The van der Waals surface area contributed by atoms with Crippen LogP contribution < -0.4 is 0 Å². The zero-order valence-electron chi connectivity index (χ0n) is 17.8. The maximum absolute atomic E-state index is 13.3. The van der Waals surface area contributed by atoms with Gasteiger partial charge in [-0.1, -0.05) is 13.3 Å². The first-order valence-corrected chi connectivity index (χ1v) is 11.9. The fraction of sp³-hybridized carbons (Fsp3) is 0.870. The van der Waals surface area contributed by atoms with Crippen molar-refractivity contribution in [1.82, 2.24) is 4.90 Å². The van der Waals surface area contributed by atoms with Crippen LogP contribution in [0.4, 0.5) is 0 Å². The lowest BCUT2D eigenvalue weighted by atomic mass is 9.78. The molecule has 5 aliphatic rings. The first-order valence-electron chi connectivity index (χ1n) is 11.9. The van der Waals surface area contributed by atoms with Gasteiger partial charge in [0.25, 0.3) is 0 Å². The topological polar surface area (TPSA) is 82.1 Å². The maximum Gasteiger partial charge on any atom is 0.320 e. The molecule has 2 bridgehead atoms. The Kier molecular flexibility index (Phi) is 5.28. The van der Waals surface area contributed by atoms with Gasteiger partial charge in [-0.3, -0.25) is 19.3 Å². The molecule has 0 aromatic carbocycles. The lowest BCUT2D eigenvalue weighted by molar-refractivity contribution is -0.175. The first-order chi connectivity index (χ1) is 14.5. The second-order valence-electron chi connectivity index (χ2n) is 9.97. The molecule has 6 atom stereocenters. The normalized spacial score (nSPS) is 39.2. The van der Waals surface area contributed by atoms with Crippen molar-refractivity contribution in [2.24, 2.45) is 23.7 Å². The largest absolute Gasteiger partial charge is 0.459 e. The van der Waals surface area contributed by atoms with Gasteiger partial charge >= 0.3 is 17.9 Å². The van der Waals surface area contributed by atoms with Crippen molar-refractivity contribution in [3.8, 4) is 0 Å². The first kappa shape index (κ1) is 20.3. The van der Waals surface area contributed by atoms with Gasteiger partial charge in [0, 0.05) is 11.8 Å². The fourth-order valence-electron chi connectivity index (χ4n) is 6.79. The summed E-state index contributed by atoms with van der Waals surface area (Å²) in [6.07, 6.45) is 7.93. The van der Waals surface area contributed by atoms with Crippen LogP contribution in [0.3, 0.4) is 0 Å². The van der Waals surface area contributed by atoms with Crippen LogP contribution in [-0.2, 0) is 28.6 Å². The Balaban J connectivity index is 1.28. The van der Waals surface area contributed by atoms with Gasteiger partial charge < -0.3 is 14.2 Å². The summed E-state index contributed by atoms with van der Waals surface area (Å²) in [5, 5.41) is 0. The van der Waals surface area contributed by atoms with E-state index in [9.17, 15) is 14.4 Å². The molecule has 3 saturated carbocycles. The number of piperidine rings is 1. The van der Waals surface area contributed by atoms with Crippen LogP contribution in [0, 0.1) is 23.7 Å². The van der Waals surface area contributed by atoms with Crippen molar-refractivity contribution in [2.75, 3.05) is 19.6 Å². The fourth-order valence-corrected chi connectivity index (χ4v) is 6.79. The molecule has 0 N–H and O–H groups in total. The zero-order chi connectivity index (χ0) is 20.9. The summed E-state index contributed by atoms with van der Waals surface area (Å²) in [4.78, 5) is 40.6. The van der Waals surface area contributed by atoms with Crippen LogP contribution in [0.2, 0.25) is 0 Å². The van der Waals surface area contributed by atoms with E-state index in [-0.39, 0.29) is 41.9 Å². The molecule has 2 saturated heterocycles. The minimum Gasteiger partial charge on any atom is -0.459 e. The van der Waals surface area contributed by atoms with E-state index in [4.69, 9.17) is 14.2 Å². The highest BCUT2D eigenvalue weighted by Gasteiger charge is 2.70. The Hall–Kier alpha value is -1.63. The number of rotatable bonds is 6. The number of hydrogen-bond donors (Lipinski definition) is 0. The molecule has 7 nitrogen and oxygen atoms in total. The number of carbonyl (C=O) groups excluding carboxylic acids is 3. The number of carbonyl (C=O) groups is 3. The second-order valence-corrected chi connectivity index (χ2v) is 9.97. The summed E-state index contributed by atoms with van der Waals surface area (Å²) in [6, 6.07) is 0. The zero-order valence-corrected chi connectivity index (χ0v) is 17.8. The summed E-state index contributed by atoms with van der Waals surface area (Å²) >= 11 is 0. The SMILES string of the molecule is CCC1(OC(=O)C2C3CC4C(OC(=O)C42)C3OC(=O)CN2CCCCC2)CCCC1. The van der Waals surface area contributed by atoms with E-state index in [1.165, 1.54) is 6.42 Å². The van der Waals surface area contributed by atoms with Crippen molar-refractivity contribution >= 4 is 17.9 Å². The predicted octanol–water partition coefficient (Wildman–Crippen LogP) is 2.46. The molecule has 30 heavy (non-hydrogen) atoms. The van der Waals surface area contributed by atoms with Crippen molar-refractivity contribution in [1.29, 1.82) is 0 Å². The van der Waals surface area contributed by atoms with Crippen molar-refractivity contribution < 1.29 is 28.6 Å². The van der Waals surface area contributed by atoms with E-state index in [0.717, 1.165) is 58.0 Å². The third-order valence-electron chi connectivity index (χ3n) is 8.36. The minimum atomic E-state index is -0.543. The van der Waals surface area contributed by atoms with E-state index in [0.29, 0.717) is 6.42 Å². The van der Waals surface area contributed by atoms with E-state index in [2.05, 4.69) is 11.8 Å².